The third kappa shape index (κ3) is 3.66. The average Bonchev–Trinajstić information content (AvgIpc) is 3.05. The van der Waals surface area contributed by atoms with E-state index in [1.54, 1.807) is 18.3 Å². The molecule has 8 heteroatoms. The van der Waals surface area contributed by atoms with Crippen molar-refractivity contribution in [2.75, 3.05) is 23.3 Å². The van der Waals surface area contributed by atoms with Crippen molar-refractivity contribution in [3.8, 4) is 0 Å². The lowest BCUT2D eigenvalue weighted by molar-refractivity contribution is 0.246. The van der Waals surface area contributed by atoms with Gasteiger partial charge in [0.2, 0.25) is 0 Å². The third-order valence-electron chi connectivity index (χ3n) is 3.63. The van der Waals surface area contributed by atoms with Crippen LogP contribution in [0, 0.1) is 0 Å². The molecule has 0 unspecified atom stereocenters. The number of carbonyl (C=O) groups excluding carboxylic acids is 1. The second-order valence-electron chi connectivity index (χ2n) is 5.11. The monoisotopic (exact) mass is 337 g/mol. The molecule has 3 rings (SSSR count). The summed E-state index contributed by atoms with van der Waals surface area (Å²) in [6.07, 6.45) is 3.55. The van der Waals surface area contributed by atoms with Gasteiger partial charge >= 0.3 is 6.03 Å². The number of anilines is 2. The Kier molecular flexibility index (Phi) is 4.74. The number of carbonyl (C=O) groups is 1. The minimum Gasteiger partial charge on any atom is -0.354 e. The highest BCUT2D eigenvalue weighted by Gasteiger charge is 2.22. The van der Waals surface area contributed by atoms with Crippen molar-refractivity contribution in [2.24, 2.45) is 0 Å². The van der Waals surface area contributed by atoms with E-state index in [2.05, 4.69) is 24.3 Å². The first-order chi connectivity index (χ1) is 10.7. The third-order valence-corrected chi connectivity index (χ3v) is 4.42. The Hall–Kier alpha value is -1.86. The van der Waals surface area contributed by atoms with E-state index in [1.807, 2.05) is 12.1 Å². The molecular weight excluding hydrogens is 322 g/mol. The second-order valence-corrected chi connectivity index (χ2v) is 6.07. The van der Waals surface area contributed by atoms with Crippen molar-refractivity contribution in [1.82, 2.24) is 14.1 Å². The van der Waals surface area contributed by atoms with Gasteiger partial charge in [-0.15, -0.1) is 0 Å². The van der Waals surface area contributed by atoms with Crippen molar-refractivity contribution in [3.05, 3.63) is 35.5 Å². The van der Waals surface area contributed by atoms with Gasteiger partial charge in [0.25, 0.3) is 0 Å². The Balaban J connectivity index is 1.48. The summed E-state index contributed by atoms with van der Waals surface area (Å²) < 4.78 is 8.25. The lowest BCUT2D eigenvalue weighted by atomic mass is 10.1. The highest BCUT2D eigenvalue weighted by molar-refractivity contribution is 6.99. The number of hydrogen-bond acceptors (Lipinski definition) is 5. The summed E-state index contributed by atoms with van der Waals surface area (Å²) in [6, 6.07) is 7.13. The molecular formula is C14H16ClN5OS. The fraction of sp³-hybridized carbons (Fsp3) is 0.357. The summed E-state index contributed by atoms with van der Waals surface area (Å²) in [5.41, 5.74) is 0.618. The van der Waals surface area contributed by atoms with E-state index in [9.17, 15) is 4.79 Å². The summed E-state index contributed by atoms with van der Waals surface area (Å²) >= 11 is 7.24. The van der Waals surface area contributed by atoms with Gasteiger partial charge in [-0.05, 0) is 25.0 Å². The van der Waals surface area contributed by atoms with Crippen LogP contribution in [0.4, 0.5) is 16.3 Å². The molecule has 1 aliphatic rings. The lowest BCUT2D eigenvalue weighted by Crippen LogP contribution is -2.46. The predicted molar refractivity (Wildman–Crippen MR) is 88.8 cm³/mol. The van der Waals surface area contributed by atoms with Gasteiger partial charge < -0.3 is 15.5 Å². The van der Waals surface area contributed by atoms with Crippen molar-refractivity contribution in [1.29, 1.82) is 0 Å². The summed E-state index contributed by atoms with van der Waals surface area (Å²) in [4.78, 5) is 14.2. The van der Waals surface area contributed by atoms with Crippen LogP contribution in [-0.2, 0) is 0 Å². The number of piperidine rings is 1. The fourth-order valence-corrected chi connectivity index (χ4v) is 3.08. The van der Waals surface area contributed by atoms with Gasteiger partial charge in [-0.25, -0.2) is 4.79 Å². The molecule has 0 aliphatic carbocycles. The lowest BCUT2D eigenvalue weighted by Gasteiger charge is -2.32. The number of nitrogens with zero attached hydrogens (tertiary/aromatic N) is 3. The maximum Gasteiger partial charge on any atom is 0.319 e. The topological polar surface area (TPSA) is 70.2 Å². The quantitative estimate of drug-likeness (QED) is 0.903. The molecule has 0 bridgehead atoms. The van der Waals surface area contributed by atoms with Crippen LogP contribution in [0.25, 0.3) is 0 Å². The molecule has 0 spiro atoms. The van der Waals surface area contributed by atoms with E-state index in [-0.39, 0.29) is 12.1 Å². The van der Waals surface area contributed by atoms with Crippen LogP contribution in [-0.4, -0.2) is 33.9 Å². The predicted octanol–water partition coefficient (Wildman–Crippen LogP) is 2.98. The van der Waals surface area contributed by atoms with Gasteiger partial charge in [0.15, 0.2) is 5.82 Å². The Morgan fingerprint density at radius 1 is 1.32 bits per heavy atom. The number of hydrogen-bond donors (Lipinski definition) is 2. The molecule has 1 saturated heterocycles. The first-order valence-electron chi connectivity index (χ1n) is 7.07. The van der Waals surface area contributed by atoms with Crippen molar-refractivity contribution >= 4 is 40.9 Å². The molecule has 2 N–H and O–H groups in total. The van der Waals surface area contributed by atoms with E-state index in [0.717, 1.165) is 31.7 Å². The number of benzene rings is 1. The Morgan fingerprint density at radius 2 is 2.09 bits per heavy atom. The number of aromatic nitrogens is 2. The molecule has 6 nitrogen and oxygen atoms in total. The summed E-state index contributed by atoms with van der Waals surface area (Å²) in [7, 11) is 0. The molecule has 116 valence electrons. The van der Waals surface area contributed by atoms with Crippen molar-refractivity contribution < 1.29 is 4.79 Å². The van der Waals surface area contributed by atoms with Crippen LogP contribution in [0.15, 0.2) is 30.5 Å². The van der Waals surface area contributed by atoms with Gasteiger partial charge in [0, 0.05) is 19.1 Å². The van der Waals surface area contributed by atoms with Gasteiger partial charge in [-0.3, -0.25) is 0 Å². The number of nitrogens with one attached hydrogen (secondary N) is 2. The molecule has 1 aliphatic heterocycles. The molecule has 1 aromatic heterocycles. The largest absolute Gasteiger partial charge is 0.354 e. The number of para-hydroxylation sites is 1. The molecule has 2 aromatic rings. The van der Waals surface area contributed by atoms with E-state index in [1.165, 1.54) is 11.7 Å². The van der Waals surface area contributed by atoms with Crippen LogP contribution in [0.1, 0.15) is 12.8 Å². The zero-order valence-electron chi connectivity index (χ0n) is 11.8. The van der Waals surface area contributed by atoms with Gasteiger partial charge in [-0.2, -0.15) is 8.75 Å². The van der Waals surface area contributed by atoms with E-state index in [0.29, 0.717) is 10.7 Å². The number of rotatable bonds is 3. The standard InChI is InChI=1S/C14H16ClN5OS/c15-11-3-1-2-4-12(11)18-14(21)17-10-5-7-20(8-6-10)13-9-16-22-19-13/h1-4,9-10H,5-8H2,(H2,17,18,21). The highest BCUT2D eigenvalue weighted by Crippen LogP contribution is 2.21. The summed E-state index contributed by atoms with van der Waals surface area (Å²) in [5, 5.41) is 6.30. The molecule has 1 fully saturated rings. The maximum atomic E-state index is 12.0. The Labute approximate surface area is 137 Å². The van der Waals surface area contributed by atoms with Crippen molar-refractivity contribution in [2.45, 2.75) is 18.9 Å². The molecule has 1 aromatic carbocycles. The van der Waals surface area contributed by atoms with Gasteiger partial charge in [-0.1, -0.05) is 23.7 Å². The first-order valence-corrected chi connectivity index (χ1v) is 8.18. The fourth-order valence-electron chi connectivity index (χ4n) is 2.46. The van der Waals surface area contributed by atoms with Crippen LogP contribution < -0.4 is 15.5 Å². The smallest absolute Gasteiger partial charge is 0.319 e. The number of halogens is 1. The van der Waals surface area contributed by atoms with Crippen LogP contribution in [0.5, 0.6) is 0 Å². The molecule has 0 radical (unpaired) electrons. The SMILES string of the molecule is O=C(Nc1ccccc1Cl)NC1CCN(c2cnsn2)CC1. The second kappa shape index (κ2) is 6.93. The Morgan fingerprint density at radius 3 is 2.77 bits per heavy atom. The first kappa shape index (κ1) is 15.1. The zero-order valence-corrected chi connectivity index (χ0v) is 13.4. The highest BCUT2D eigenvalue weighted by atomic mass is 35.5. The number of urea groups is 1. The summed E-state index contributed by atoms with van der Waals surface area (Å²) in [5.74, 6) is 0.920. The zero-order chi connectivity index (χ0) is 15.4. The van der Waals surface area contributed by atoms with Crippen LogP contribution in [0.2, 0.25) is 5.02 Å². The van der Waals surface area contributed by atoms with E-state index < -0.39 is 0 Å². The maximum absolute atomic E-state index is 12.0. The molecule has 2 amide bonds. The van der Waals surface area contributed by atoms with E-state index in [4.69, 9.17) is 11.6 Å². The van der Waals surface area contributed by atoms with Gasteiger partial charge in [0.05, 0.1) is 28.6 Å². The normalized spacial score (nSPS) is 15.6. The number of amides is 2. The molecule has 0 saturated carbocycles. The molecule has 0 atom stereocenters. The van der Waals surface area contributed by atoms with Crippen LogP contribution in [0.3, 0.4) is 0 Å². The molecule has 2 heterocycles. The minimum absolute atomic E-state index is 0.158. The van der Waals surface area contributed by atoms with Crippen LogP contribution >= 0.6 is 23.3 Å². The Bertz CT molecular complexity index is 628. The average molecular weight is 338 g/mol. The van der Waals surface area contributed by atoms with Gasteiger partial charge in [0.1, 0.15) is 0 Å². The minimum atomic E-state index is -0.220. The van der Waals surface area contributed by atoms with Crippen molar-refractivity contribution in [3.63, 3.8) is 0 Å². The molecule has 22 heavy (non-hydrogen) atoms. The summed E-state index contributed by atoms with van der Waals surface area (Å²) in [6.45, 7) is 1.73. The van der Waals surface area contributed by atoms with E-state index >= 15 is 0 Å².